The zero-order valence-corrected chi connectivity index (χ0v) is 11.0. The van der Waals surface area contributed by atoms with E-state index in [-0.39, 0.29) is 0 Å². The first-order chi connectivity index (χ1) is 7.81. The zero-order chi connectivity index (χ0) is 11.4. The van der Waals surface area contributed by atoms with Crippen molar-refractivity contribution in [1.29, 1.82) is 0 Å². The van der Waals surface area contributed by atoms with Crippen LogP contribution >= 0.6 is 15.9 Å². The van der Waals surface area contributed by atoms with Crippen LogP contribution in [0.5, 0.6) is 0 Å². The van der Waals surface area contributed by atoms with Gasteiger partial charge in [-0.3, -0.25) is 0 Å². The van der Waals surface area contributed by atoms with Crippen LogP contribution in [0.2, 0.25) is 0 Å². The standard InChI is InChI=1S/C13H16BrNO/c1-2-3-6-10-9-16-13(15-10)11-7-4-5-8-12(11)14/h4-5,7-8,10H,2-3,6,9H2,1H3. The zero-order valence-electron chi connectivity index (χ0n) is 9.45. The van der Waals surface area contributed by atoms with Crippen LogP contribution in [0.15, 0.2) is 33.7 Å². The normalized spacial score (nSPS) is 19.4. The first kappa shape index (κ1) is 11.6. The average molecular weight is 282 g/mol. The van der Waals surface area contributed by atoms with Crippen LogP contribution in [-0.2, 0) is 4.74 Å². The summed E-state index contributed by atoms with van der Waals surface area (Å²) in [6.07, 6.45) is 3.57. The maximum absolute atomic E-state index is 5.65. The number of aliphatic imine (C=N–C) groups is 1. The Morgan fingerprint density at radius 3 is 3.00 bits per heavy atom. The van der Waals surface area contributed by atoms with Crippen LogP contribution in [0.4, 0.5) is 0 Å². The second-order valence-corrected chi connectivity index (χ2v) is 4.88. The van der Waals surface area contributed by atoms with Gasteiger partial charge in [-0.1, -0.05) is 31.9 Å². The number of hydrogen-bond acceptors (Lipinski definition) is 2. The lowest BCUT2D eigenvalue weighted by molar-refractivity contribution is 0.310. The molecule has 1 aromatic rings. The highest BCUT2D eigenvalue weighted by molar-refractivity contribution is 9.10. The molecule has 1 aliphatic heterocycles. The van der Waals surface area contributed by atoms with Crippen molar-refractivity contribution in [2.45, 2.75) is 32.2 Å². The van der Waals surface area contributed by atoms with Crippen LogP contribution in [0, 0.1) is 0 Å². The van der Waals surface area contributed by atoms with Gasteiger partial charge in [0, 0.05) is 4.47 Å². The van der Waals surface area contributed by atoms with Gasteiger partial charge in [0.15, 0.2) is 0 Å². The summed E-state index contributed by atoms with van der Waals surface area (Å²) in [4.78, 5) is 4.62. The average Bonchev–Trinajstić information content (AvgIpc) is 2.75. The molecule has 1 atom stereocenters. The predicted molar refractivity (Wildman–Crippen MR) is 69.9 cm³/mol. The minimum Gasteiger partial charge on any atom is -0.475 e. The fourth-order valence-electron chi connectivity index (χ4n) is 1.79. The van der Waals surface area contributed by atoms with E-state index in [4.69, 9.17) is 4.74 Å². The molecule has 0 radical (unpaired) electrons. The molecule has 0 fully saturated rings. The molecule has 0 saturated carbocycles. The van der Waals surface area contributed by atoms with E-state index in [1.165, 1.54) is 12.8 Å². The minimum absolute atomic E-state index is 0.349. The first-order valence-corrected chi connectivity index (χ1v) is 6.56. The smallest absolute Gasteiger partial charge is 0.217 e. The van der Waals surface area contributed by atoms with E-state index in [9.17, 15) is 0 Å². The summed E-state index contributed by atoms with van der Waals surface area (Å²) >= 11 is 3.52. The van der Waals surface area contributed by atoms with Crippen molar-refractivity contribution in [2.75, 3.05) is 6.61 Å². The molecule has 0 saturated heterocycles. The number of benzene rings is 1. The lowest BCUT2D eigenvalue weighted by Gasteiger charge is -2.02. The molecule has 1 aliphatic rings. The van der Waals surface area contributed by atoms with Crippen molar-refractivity contribution in [3.63, 3.8) is 0 Å². The summed E-state index contributed by atoms with van der Waals surface area (Å²) in [6.45, 7) is 2.94. The predicted octanol–water partition coefficient (Wildman–Crippen LogP) is 3.78. The molecule has 0 aromatic heterocycles. The van der Waals surface area contributed by atoms with E-state index in [1.54, 1.807) is 0 Å². The topological polar surface area (TPSA) is 21.6 Å². The Kier molecular flexibility index (Phi) is 3.99. The highest BCUT2D eigenvalue weighted by Gasteiger charge is 2.20. The number of halogens is 1. The molecule has 0 N–H and O–H groups in total. The molecule has 3 heteroatoms. The van der Waals surface area contributed by atoms with E-state index in [2.05, 4.69) is 27.8 Å². The molecule has 16 heavy (non-hydrogen) atoms. The summed E-state index contributed by atoms with van der Waals surface area (Å²) in [6, 6.07) is 8.40. The highest BCUT2D eigenvalue weighted by atomic mass is 79.9. The Balaban J connectivity index is 2.09. The maximum atomic E-state index is 5.65. The molecular formula is C13H16BrNO. The fraction of sp³-hybridized carbons (Fsp3) is 0.462. The summed E-state index contributed by atoms with van der Waals surface area (Å²) in [5.74, 6) is 0.786. The number of rotatable bonds is 4. The van der Waals surface area contributed by atoms with Crippen LogP contribution < -0.4 is 0 Å². The van der Waals surface area contributed by atoms with E-state index < -0.39 is 0 Å². The van der Waals surface area contributed by atoms with Gasteiger partial charge in [0.2, 0.25) is 5.90 Å². The van der Waals surface area contributed by atoms with Crippen molar-refractivity contribution in [3.8, 4) is 0 Å². The molecule has 2 nitrogen and oxygen atoms in total. The molecular weight excluding hydrogens is 266 g/mol. The van der Waals surface area contributed by atoms with E-state index >= 15 is 0 Å². The van der Waals surface area contributed by atoms with Gasteiger partial charge in [0.1, 0.15) is 6.61 Å². The van der Waals surface area contributed by atoms with Crippen LogP contribution in [0.3, 0.4) is 0 Å². The molecule has 0 aliphatic carbocycles. The molecule has 1 heterocycles. The third kappa shape index (κ3) is 2.64. The SMILES string of the molecule is CCCCC1COC(c2ccccc2Br)=N1. The Labute approximate surface area is 105 Å². The molecule has 86 valence electrons. The Bertz CT molecular complexity index is 389. The third-order valence-corrected chi connectivity index (χ3v) is 3.40. The van der Waals surface area contributed by atoms with Gasteiger partial charge in [-0.05, 0) is 34.5 Å². The van der Waals surface area contributed by atoms with E-state index in [1.807, 2.05) is 24.3 Å². The molecule has 1 unspecified atom stereocenters. The largest absolute Gasteiger partial charge is 0.475 e. The van der Waals surface area contributed by atoms with Crippen molar-refractivity contribution in [2.24, 2.45) is 4.99 Å². The van der Waals surface area contributed by atoms with Gasteiger partial charge in [0.05, 0.1) is 11.6 Å². The van der Waals surface area contributed by atoms with Crippen LogP contribution in [0.1, 0.15) is 31.7 Å². The van der Waals surface area contributed by atoms with Gasteiger partial charge >= 0.3 is 0 Å². The second-order valence-electron chi connectivity index (χ2n) is 4.02. The van der Waals surface area contributed by atoms with E-state index in [0.717, 1.165) is 29.0 Å². The quantitative estimate of drug-likeness (QED) is 0.823. The summed E-state index contributed by atoms with van der Waals surface area (Å²) in [7, 11) is 0. The molecule has 1 aromatic carbocycles. The lowest BCUT2D eigenvalue weighted by atomic mass is 10.1. The van der Waals surface area contributed by atoms with Gasteiger partial charge in [-0.15, -0.1) is 0 Å². The first-order valence-electron chi connectivity index (χ1n) is 5.76. The molecule has 0 spiro atoms. The van der Waals surface area contributed by atoms with Gasteiger partial charge < -0.3 is 4.74 Å². The van der Waals surface area contributed by atoms with Crippen LogP contribution in [-0.4, -0.2) is 18.5 Å². The Hall–Kier alpha value is -0.830. The summed E-state index contributed by atoms with van der Waals surface area (Å²) in [5, 5.41) is 0. The number of nitrogens with zero attached hydrogens (tertiary/aromatic N) is 1. The fourth-order valence-corrected chi connectivity index (χ4v) is 2.24. The molecule has 2 rings (SSSR count). The van der Waals surface area contributed by atoms with Crippen molar-refractivity contribution in [1.82, 2.24) is 0 Å². The van der Waals surface area contributed by atoms with Gasteiger partial charge in [0.25, 0.3) is 0 Å². The van der Waals surface area contributed by atoms with Crippen molar-refractivity contribution in [3.05, 3.63) is 34.3 Å². The van der Waals surface area contributed by atoms with Gasteiger partial charge in [-0.2, -0.15) is 0 Å². The number of unbranched alkanes of at least 4 members (excludes halogenated alkanes) is 1. The monoisotopic (exact) mass is 281 g/mol. The van der Waals surface area contributed by atoms with Gasteiger partial charge in [-0.25, -0.2) is 4.99 Å². The lowest BCUT2D eigenvalue weighted by Crippen LogP contribution is -2.05. The second kappa shape index (κ2) is 5.48. The molecule has 0 bridgehead atoms. The number of hydrogen-bond donors (Lipinski definition) is 0. The summed E-state index contributed by atoms with van der Waals surface area (Å²) in [5.41, 5.74) is 1.06. The van der Waals surface area contributed by atoms with Crippen molar-refractivity contribution >= 4 is 21.8 Å². The Morgan fingerprint density at radius 1 is 1.44 bits per heavy atom. The van der Waals surface area contributed by atoms with Crippen molar-refractivity contribution < 1.29 is 4.74 Å². The highest BCUT2D eigenvalue weighted by Crippen LogP contribution is 2.22. The minimum atomic E-state index is 0.349. The Morgan fingerprint density at radius 2 is 2.25 bits per heavy atom. The third-order valence-electron chi connectivity index (χ3n) is 2.71. The number of ether oxygens (including phenoxy) is 1. The van der Waals surface area contributed by atoms with E-state index in [0.29, 0.717) is 6.04 Å². The van der Waals surface area contributed by atoms with Crippen LogP contribution in [0.25, 0.3) is 0 Å². The maximum Gasteiger partial charge on any atom is 0.217 e. The molecule has 0 amide bonds. The summed E-state index contributed by atoms with van der Waals surface area (Å²) < 4.78 is 6.70.